The maximum absolute atomic E-state index is 11.4. The molecule has 0 aromatic carbocycles. The summed E-state index contributed by atoms with van der Waals surface area (Å²) >= 11 is 0. The van der Waals surface area contributed by atoms with Crippen LogP contribution in [0.15, 0.2) is 11.6 Å². The highest BCUT2D eigenvalue weighted by atomic mass is 16.5. The van der Waals surface area contributed by atoms with E-state index in [1.165, 1.54) is 7.11 Å². The smallest absolute Gasteiger partial charge is 0.333 e. The first-order chi connectivity index (χ1) is 9.06. The van der Waals surface area contributed by atoms with Gasteiger partial charge in [0.1, 0.15) is 0 Å². The average molecular weight is 269 g/mol. The number of ether oxygens (including phenoxy) is 1. The maximum atomic E-state index is 11.4. The zero-order valence-electron chi connectivity index (χ0n) is 12.4. The standard InChI is InChI=1S/C15H27NO3/c1-4-13(14(18)19-3)7-10-16-15(11-17)8-5-12(2)6-9-15/h7,12,16-17H,4-6,8-11H2,1-3H3. The molecule has 4 heteroatoms. The van der Waals surface area contributed by atoms with Crippen LogP contribution in [0.5, 0.6) is 0 Å². The van der Waals surface area contributed by atoms with E-state index in [0.717, 1.165) is 31.6 Å². The summed E-state index contributed by atoms with van der Waals surface area (Å²) in [5, 5.41) is 13.0. The van der Waals surface area contributed by atoms with Crippen molar-refractivity contribution < 1.29 is 14.6 Å². The van der Waals surface area contributed by atoms with Crippen molar-refractivity contribution in [2.24, 2.45) is 5.92 Å². The second-order valence-corrected chi connectivity index (χ2v) is 5.58. The molecular weight excluding hydrogens is 242 g/mol. The molecule has 110 valence electrons. The summed E-state index contributed by atoms with van der Waals surface area (Å²) in [4.78, 5) is 11.4. The van der Waals surface area contributed by atoms with E-state index in [-0.39, 0.29) is 18.1 Å². The number of aliphatic hydroxyl groups is 1. The number of carbonyl (C=O) groups is 1. The minimum absolute atomic E-state index is 0.160. The molecule has 0 radical (unpaired) electrons. The molecule has 0 aliphatic heterocycles. The summed E-state index contributed by atoms with van der Waals surface area (Å²) < 4.78 is 4.73. The lowest BCUT2D eigenvalue weighted by Gasteiger charge is -2.38. The van der Waals surface area contributed by atoms with Crippen LogP contribution in [0.1, 0.15) is 46.0 Å². The molecule has 19 heavy (non-hydrogen) atoms. The van der Waals surface area contributed by atoms with Crippen LogP contribution in [-0.4, -0.2) is 36.9 Å². The molecule has 0 unspecified atom stereocenters. The molecule has 0 aromatic rings. The quantitative estimate of drug-likeness (QED) is 0.572. The van der Waals surface area contributed by atoms with Gasteiger partial charge in [-0.15, -0.1) is 0 Å². The fourth-order valence-corrected chi connectivity index (χ4v) is 2.60. The van der Waals surface area contributed by atoms with E-state index in [1.807, 2.05) is 13.0 Å². The van der Waals surface area contributed by atoms with E-state index in [1.54, 1.807) is 0 Å². The molecule has 2 N–H and O–H groups in total. The Morgan fingerprint density at radius 1 is 1.47 bits per heavy atom. The van der Waals surface area contributed by atoms with Gasteiger partial charge in [-0.05, 0) is 38.0 Å². The zero-order chi connectivity index (χ0) is 14.3. The number of hydrogen-bond donors (Lipinski definition) is 2. The van der Waals surface area contributed by atoms with Crippen LogP contribution in [-0.2, 0) is 9.53 Å². The molecule has 1 fully saturated rings. The molecule has 0 bridgehead atoms. The lowest BCUT2D eigenvalue weighted by atomic mass is 9.77. The highest BCUT2D eigenvalue weighted by Gasteiger charge is 2.32. The summed E-state index contributed by atoms with van der Waals surface area (Å²) in [5.41, 5.74) is 0.519. The van der Waals surface area contributed by atoms with E-state index in [0.29, 0.717) is 18.5 Å². The van der Waals surface area contributed by atoms with Gasteiger partial charge in [0.25, 0.3) is 0 Å². The molecular formula is C15H27NO3. The first-order valence-corrected chi connectivity index (χ1v) is 7.20. The van der Waals surface area contributed by atoms with Crippen LogP contribution in [0.2, 0.25) is 0 Å². The highest BCUT2D eigenvalue weighted by Crippen LogP contribution is 2.31. The summed E-state index contributed by atoms with van der Waals surface area (Å²) in [5.74, 6) is 0.484. The molecule has 0 heterocycles. The third kappa shape index (κ3) is 4.62. The fraction of sp³-hybridized carbons (Fsp3) is 0.800. The fourth-order valence-electron chi connectivity index (χ4n) is 2.60. The summed E-state index contributed by atoms with van der Waals surface area (Å²) in [6.07, 6.45) is 6.83. The number of nitrogens with one attached hydrogen (secondary N) is 1. The van der Waals surface area contributed by atoms with Gasteiger partial charge < -0.3 is 15.2 Å². The molecule has 0 spiro atoms. The number of aliphatic hydroxyl groups excluding tert-OH is 1. The Balaban J connectivity index is 2.53. The van der Waals surface area contributed by atoms with Gasteiger partial charge in [-0.3, -0.25) is 0 Å². The second-order valence-electron chi connectivity index (χ2n) is 5.58. The predicted molar refractivity (Wildman–Crippen MR) is 75.8 cm³/mol. The van der Waals surface area contributed by atoms with Crippen molar-refractivity contribution in [1.82, 2.24) is 5.32 Å². The lowest BCUT2D eigenvalue weighted by Crippen LogP contribution is -2.50. The Bertz CT molecular complexity index is 317. The molecule has 1 saturated carbocycles. The zero-order valence-corrected chi connectivity index (χ0v) is 12.4. The van der Waals surface area contributed by atoms with E-state index >= 15 is 0 Å². The molecule has 1 aliphatic carbocycles. The van der Waals surface area contributed by atoms with Gasteiger partial charge in [-0.1, -0.05) is 19.9 Å². The van der Waals surface area contributed by atoms with Gasteiger partial charge in [-0.25, -0.2) is 4.79 Å². The minimum atomic E-state index is -0.264. The Morgan fingerprint density at radius 3 is 2.58 bits per heavy atom. The third-order valence-electron chi connectivity index (χ3n) is 4.19. The van der Waals surface area contributed by atoms with Gasteiger partial charge in [0.15, 0.2) is 0 Å². The summed E-state index contributed by atoms with van der Waals surface area (Å²) in [6, 6.07) is 0. The van der Waals surface area contributed by atoms with E-state index in [9.17, 15) is 9.90 Å². The number of hydrogen-bond acceptors (Lipinski definition) is 4. The molecule has 0 saturated heterocycles. The van der Waals surface area contributed by atoms with Gasteiger partial charge in [0.05, 0.1) is 13.7 Å². The SMILES string of the molecule is CCC(=CCNC1(CO)CCC(C)CC1)C(=O)OC. The molecule has 0 aromatic heterocycles. The van der Waals surface area contributed by atoms with Gasteiger partial charge >= 0.3 is 5.97 Å². The van der Waals surface area contributed by atoms with Crippen molar-refractivity contribution in [2.75, 3.05) is 20.3 Å². The van der Waals surface area contributed by atoms with Crippen molar-refractivity contribution in [3.05, 3.63) is 11.6 Å². The summed E-state index contributed by atoms with van der Waals surface area (Å²) in [7, 11) is 1.40. The third-order valence-corrected chi connectivity index (χ3v) is 4.19. The van der Waals surface area contributed by atoms with Crippen molar-refractivity contribution in [3.63, 3.8) is 0 Å². The molecule has 4 nitrogen and oxygen atoms in total. The number of rotatable bonds is 6. The highest BCUT2D eigenvalue weighted by molar-refractivity contribution is 5.88. The first-order valence-electron chi connectivity index (χ1n) is 7.20. The monoisotopic (exact) mass is 269 g/mol. The molecule has 0 amide bonds. The van der Waals surface area contributed by atoms with Crippen LogP contribution in [0, 0.1) is 5.92 Å². The Kier molecular flexibility index (Phi) is 6.52. The normalized spacial score (nSPS) is 28.2. The minimum Gasteiger partial charge on any atom is -0.466 e. The van der Waals surface area contributed by atoms with Gasteiger partial charge in [-0.2, -0.15) is 0 Å². The van der Waals surface area contributed by atoms with Crippen LogP contribution in [0.25, 0.3) is 0 Å². The number of methoxy groups -OCH3 is 1. The Labute approximate surface area is 116 Å². The molecule has 1 aliphatic rings. The van der Waals surface area contributed by atoms with E-state index < -0.39 is 0 Å². The molecule has 1 rings (SSSR count). The second kappa shape index (κ2) is 7.65. The van der Waals surface area contributed by atoms with Crippen LogP contribution in [0.3, 0.4) is 0 Å². The average Bonchev–Trinajstić information content (AvgIpc) is 2.45. The molecule has 0 atom stereocenters. The van der Waals surface area contributed by atoms with E-state index in [2.05, 4.69) is 12.2 Å². The van der Waals surface area contributed by atoms with Crippen molar-refractivity contribution in [3.8, 4) is 0 Å². The van der Waals surface area contributed by atoms with Crippen LogP contribution in [0.4, 0.5) is 0 Å². The predicted octanol–water partition coefficient (Wildman–Crippen LogP) is 2.03. The first kappa shape index (κ1) is 16.2. The summed E-state index contributed by atoms with van der Waals surface area (Å²) in [6.45, 7) is 4.96. The van der Waals surface area contributed by atoms with E-state index in [4.69, 9.17) is 4.74 Å². The Hall–Kier alpha value is -0.870. The topological polar surface area (TPSA) is 58.6 Å². The van der Waals surface area contributed by atoms with Crippen LogP contribution < -0.4 is 5.32 Å². The largest absolute Gasteiger partial charge is 0.466 e. The van der Waals surface area contributed by atoms with Crippen molar-refractivity contribution >= 4 is 5.97 Å². The van der Waals surface area contributed by atoms with Gasteiger partial charge in [0, 0.05) is 17.7 Å². The maximum Gasteiger partial charge on any atom is 0.333 e. The van der Waals surface area contributed by atoms with Crippen molar-refractivity contribution in [1.29, 1.82) is 0 Å². The number of carbonyl (C=O) groups excluding carboxylic acids is 1. The van der Waals surface area contributed by atoms with Crippen molar-refractivity contribution in [2.45, 2.75) is 51.5 Å². The van der Waals surface area contributed by atoms with Gasteiger partial charge in [0.2, 0.25) is 0 Å². The number of esters is 1. The van der Waals surface area contributed by atoms with Crippen LogP contribution >= 0.6 is 0 Å². The Morgan fingerprint density at radius 2 is 2.11 bits per heavy atom. The lowest BCUT2D eigenvalue weighted by molar-refractivity contribution is -0.136.